The molecule has 7 heteroatoms. The minimum absolute atomic E-state index is 0.105. The predicted octanol–water partition coefficient (Wildman–Crippen LogP) is 4.99. The van der Waals surface area contributed by atoms with E-state index in [-0.39, 0.29) is 27.1 Å². The summed E-state index contributed by atoms with van der Waals surface area (Å²) in [6.07, 6.45) is -5.54. The van der Waals surface area contributed by atoms with Gasteiger partial charge in [0.05, 0.1) is 10.0 Å². The molecule has 0 aliphatic rings. The second-order valence-electron chi connectivity index (χ2n) is 3.52. The molecule has 0 fully saturated rings. The molecule has 0 aromatic heterocycles. The lowest BCUT2D eigenvalue weighted by atomic mass is 10.0. The first-order valence-corrected chi connectivity index (χ1v) is 5.81. The predicted molar refractivity (Wildman–Crippen MR) is 63.7 cm³/mol. The fraction of sp³-hybridized carbons (Fsp3) is 0.400. The SMILES string of the molecule is N[C@@H](CCC(F)(F)F)c1c(Cl)ccc(Cl)c1Cl. The molecule has 1 rings (SSSR count). The topological polar surface area (TPSA) is 26.0 Å². The van der Waals surface area contributed by atoms with Gasteiger partial charge in [-0.1, -0.05) is 34.8 Å². The highest BCUT2D eigenvalue weighted by atomic mass is 35.5. The van der Waals surface area contributed by atoms with Gasteiger partial charge in [0.2, 0.25) is 0 Å². The Kier molecular flexibility index (Phi) is 4.95. The van der Waals surface area contributed by atoms with Crippen LogP contribution in [0.25, 0.3) is 0 Å². The zero-order valence-electron chi connectivity index (χ0n) is 8.49. The molecule has 1 atom stereocenters. The molecule has 1 aromatic carbocycles. The Labute approximate surface area is 112 Å². The summed E-state index contributed by atoms with van der Waals surface area (Å²) >= 11 is 17.5. The standard InChI is InChI=1S/C10H9Cl3F3N/c11-5-1-2-6(12)9(13)8(5)7(17)3-4-10(14,15)16/h1-2,7H,3-4,17H2/t7-/m0/s1. The first-order chi connectivity index (χ1) is 7.72. The number of hydrogen-bond acceptors (Lipinski definition) is 1. The molecule has 17 heavy (non-hydrogen) atoms. The van der Waals surface area contributed by atoms with Crippen LogP contribution in [0.5, 0.6) is 0 Å². The van der Waals surface area contributed by atoms with Gasteiger partial charge in [0.25, 0.3) is 0 Å². The van der Waals surface area contributed by atoms with E-state index in [0.717, 1.165) is 0 Å². The monoisotopic (exact) mass is 305 g/mol. The van der Waals surface area contributed by atoms with E-state index in [0.29, 0.717) is 0 Å². The van der Waals surface area contributed by atoms with Gasteiger partial charge < -0.3 is 5.73 Å². The highest BCUT2D eigenvalue weighted by Crippen LogP contribution is 2.37. The van der Waals surface area contributed by atoms with Crippen LogP contribution in [0.3, 0.4) is 0 Å². The van der Waals surface area contributed by atoms with Crippen molar-refractivity contribution in [2.24, 2.45) is 5.73 Å². The third kappa shape index (κ3) is 4.21. The van der Waals surface area contributed by atoms with Crippen molar-refractivity contribution in [3.63, 3.8) is 0 Å². The fourth-order valence-corrected chi connectivity index (χ4v) is 2.16. The van der Waals surface area contributed by atoms with Gasteiger partial charge in [-0.2, -0.15) is 13.2 Å². The smallest absolute Gasteiger partial charge is 0.324 e. The Bertz CT molecular complexity index is 407. The van der Waals surface area contributed by atoms with E-state index in [9.17, 15) is 13.2 Å². The third-order valence-electron chi connectivity index (χ3n) is 2.19. The van der Waals surface area contributed by atoms with Gasteiger partial charge >= 0.3 is 6.18 Å². The molecule has 0 aliphatic heterocycles. The first kappa shape index (κ1) is 14.9. The van der Waals surface area contributed by atoms with Crippen LogP contribution >= 0.6 is 34.8 Å². The lowest BCUT2D eigenvalue weighted by Crippen LogP contribution is -2.16. The van der Waals surface area contributed by atoms with Crippen LogP contribution in [-0.2, 0) is 0 Å². The van der Waals surface area contributed by atoms with E-state index in [2.05, 4.69) is 0 Å². The highest BCUT2D eigenvalue weighted by Gasteiger charge is 2.29. The zero-order chi connectivity index (χ0) is 13.2. The number of benzene rings is 1. The van der Waals surface area contributed by atoms with E-state index in [1.165, 1.54) is 12.1 Å². The highest BCUT2D eigenvalue weighted by molar-refractivity contribution is 6.44. The molecule has 96 valence electrons. The number of alkyl halides is 3. The molecule has 2 N–H and O–H groups in total. The van der Waals surface area contributed by atoms with E-state index in [1.54, 1.807) is 0 Å². The van der Waals surface area contributed by atoms with Crippen molar-refractivity contribution in [2.45, 2.75) is 25.1 Å². The molecule has 0 bridgehead atoms. The Morgan fingerprint density at radius 2 is 1.65 bits per heavy atom. The van der Waals surface area contributed by atoms with Crippen molar-refractivity contribution >= 4 is 34.8 Å². The van der Waals surface area contributed by atoms with Gasteiger partial charge in [0, 0.05) is 23.0 Å². The van der Waals surface area contributed by atoms with Gasteiger partial charge in [-0.3, -0.25) is 0 Å². The lowest BCUT2D eigenvalue weighted by Gasteiger charge is -2.17. The summed E-state index contributed by atoms with van der Waals surface area (Å²) in [5.41, 5.74) is 5.90. The van der Waals surface area contributed by atoms with Crippen LogP contribution in [0.4, 0.5) is 13.2 Å². The van der Waals surface area contributed by atoms with Crippen LogP contribution in [0.2, 0.25) is 15.1 Å². The largest absolute Gasteiger partial charge is 0.389 e. The summed E-state index contributed by atoms with van der Waals surface area (Å²) in [4.78, 5) is 0. The molecular weight excluding hydrogens is 297 g/mol. The van der Waals surface area contributed by atoms with Crippen LogP contribution in [-0.4, -0.2) is 6.18 Å². The summed E-state index contributed by atoms with van der Waals surface area (Å²) < 4.78 is 36.2. The van der Waals surface area contributed by atoms with Crippen molar-refractivity contribution < 1.29 is 13.2 Å². The van der Waals surface area contributed by atoms with Gasteiger partial charge in [0.15, 0.2) is 0 Å². The van der Waals surface area contributed by atoms with Crippen LogP contribution < -0.4 is 5.73 Å². The normalized spacial score (nSPS) is 13.8. The summed E-state index contributed by atoms with van der Waals surface area (Å²) in [7, 11) is 0. The molecule has 0 amide bonds. The molecule has 0 radical (unpaired) electrons. The molecule has 0 unspecified atom stereocenters. The van der Waals surface area contributed by atoms with Gasteiger partial charge in [0.1, 0.15) is 0 Å². The minimum Gasteiger partial charge on any atom is -0.324 e. The van der Waals surface area contributed by atoms with Crippen LogP contribution in [0.15, 0.2) is 12.1 Å². The molecular formula is C10H9Cl3F3N. The van der Waals surface area contributed by atoms with Crippen molar-refractivity contribution in [2.75, 3.05) is 0 Å². The average Bonchev–Trinajstić information content (AvgIpc) is 2.20. The van der Waals surface area contributed by atoms with Crippen molar-refractivity contribution in [1.29, 1.82) is 0 Å². The number of hydrogen-bond donors (Lipinski definition) is 1. The molecule has 0 saturated carbocycles. The molecule has 0 heterocycles. The Morgan fingerprint density at radius 3 is 2.18 bits per heavy atom. The molecule has 0 spiro atoms. The Balaban J connectivity index is 2.89. The summed E-state index contributed by atoms with van der Waals surface area (Å²) in [5, 5.41) is 0.538. The van der Waals surface area contributed by atoms with E-state index < -0.39 is 18.6 Å². The zero-order valence-corrected chi connectivity index (χ0v) is 10.8. The van der Waals surface area contributed by atoms with Crippen molar-refractivity contribution in [3.8, 4) is 0 Å². The Hall–Kier alpha value is -0.160. The van der Waals surface area contributed by atoms with E-state index in [4.69, 9.17) is 40.5 Å². The van der Waals surface area contributed by atoms with Crippen LogP contribution in [0, 0.1) is 0 Å². The second kappa shape index (κ2) is 5.65. The molecule has 0 aliphatic carbocycles. The Morgan fingerprint density at radius 1 is 1.12 bits per heavy atom. The summed E-state index contributed by atoms with van der Waals surface area (Å²) in [6.45, 7) is 0. The van der Waals surface area contributed by atoms with Crippen molar-refractivity contribution in [1.82, 2.24) is 0 Å². The first-order valence-electron chi connectivity index (χ1n) is 4.68. The number of halogens is 6. The average molecular weight is 307 g/mol. The fourth-order valence-electron chi connectivity index (χ4n) is 1.35. The quantitative estimate of drug-likeness (QED) is 0.782. The number of rotatable bonds is 3. The minimum atomic E-state index is -4.25. The maximum absolute atomic E-state index is 12.1. The van der Waals surface area contributed by atoms with E-state index >= 15 is 0 Å². The van der Waals surface area contributed by atoms with Gasteiger partial charge in [-0.05, 0) is 18.6 Å². The van der Waals surface area contributed by atoms with Gasteiger partial charge in [-0.15, -0.1) is 0 Å². The lowest BCUT2D eigenvalue weighted by molar-refractivity contribution is -0.136. The number of nitrogens with two attached hydrogens (primary N) is 1. The van der Waals surface area contributed by atoms with Crippen LogP contribution in [0.1, 0.15) is 24.4 Å². The maximum atomic E-state index is 12.1. The van der Waals surface area contributed by atoms with E-state index in [1.807, 2.05) is 0 Å². The summed E-state index contributed by atoms with van der Waals surface area (Å²) in [5.74, 6) is 0. The molecule has 1 aromatic rings. The van der Waals surface area contributed by atoms with Gasteiger partial charge in [-0.25, -0.2) is 0 Å². The second-order valence-corrected chi connectivity index (χ2v) is 4.71. The molecule has 1 nitrogen and oxygen atoms in total. The molecule has 0 saturated heterocycles. The third-order valence-corrected chi connectivity index (χ3v) is 3.34. The summed E-state index contributed by atoms with van der Waals surface area (Å²) in [6, 6.07) is 2.03. The van der Waals surface area contributed by atoms with Crippen molar-refractivity contribution in [3.05, 3.63) is 32.8 Å². The maximum Gasteiger partial charge on any atom is 0.389 e.